The number of halogens is 1. The number of rotatable bonds is 6. The molecule has 0 radical (unpaired) electrons. The van der Waals surface area contributed by atoms with Crippen LogP contribution in [-0.2, 0) is 10.0 Å². The van der Waals surface area contributed by atoms with Crippen LogP contribution in [0.15, 0.2) is 89.3 Å². The van der Waals surface area contributed by atoms with Gasteiger partial charge in [-0.3, -0.25) is 9.52 Å². The van der Waals surface area contributed by atoms with Crippen LogP contribution in [0, 0.1) is 5.82 Å². The van der Waals surface area contributed by atoms with E-state index in [9.17, 15) is 17.6 Å². The van der Waals surface area contributed by atoms with Crippen LogP contribution in [-0.4, -0.2) is 19.3 Å². The van der Waals surface area contributed by atoms with Crippen molar-refractivity contribution >= 4 is 38.1 Å². The number of aromatic nitrogens is 1. The van der Waals surface area contributed by atoms with Gasteiger partial charge in [0.25, 0.3) is 15.9 Å². The molecule has 0 spiro atoms. The summed E-state index contributed by atoms with van der Waals surface area (Å²) >= 11 is 1.20. The Bertz CT molecular complexity index is 1310. The highest BCUT2D eigenvalue weighted by Crippen LogP contribution is 2.25. The van der Waals surface area contributed by atoms with E-state index < -0.39 is 21.7 Å². The summed E-state index contributed by atoms with van der Waals surface area (Å²) in [6.07, 6.45) is 1.52. The largest absolute Gasteiger partial charge is 0.322 e. The summed E-state index contributed by atoms with van der Waals surface area (Å²) in [5.74, 6) is -1.12. The Kier molecular flexibility index (Phi) is 5.79. The maximum absolute atomic E-state index is 13.7. The van der Waals surface area contributed by atoms with Crippen molar-refractivity contribution in [3.63, 3.8) is 0 Å². The topological polar surface area (TPSA) is 88.2 Å². The van der Waals surface area contributed by atoms with Crippen molar-refractivity contribution in [1.29, 1.82) is 0 Å². The lowest BCUT2D eigenvalue weighted by Crippen LogP contribution is -2.13. The molecular formula is C22H16FN3O3S2. The van der Waals surface area contributed by atoms with Crippen molar-refractivity contribution in [3.8, 4) is 11.1 Å². The van der Waals surface area contributed by atoms with Gasteiger partial charge in [-0.25, -0.2) is 17.8 Å². The van der Waals surface area contributed by atoms with E-state index in [0.29, 0.717) is 10.8 Å². The zero-order valence-corrected chi connectivity index (χ0v) is 17.6. The van der Waals surface area contributed by atoms with Gasteiger partial charge in [0.05, 0.1) is 10.5 Å². The number of nitrogens with zero attached hydrogens (tertiary/aromatic N) is 1. The summed E-state index contributed by atoms with van der Waals surface area (Å²) in [4.78, 5) is 16.3. The molecule has 0 saturated heterocycles. The predicted octanol–water partition coefficient (Wildman–Crippen LogP) is 5.00. The lowest BCUT2D eigenvalue weighted by atomic mass is 10.1. The van der Waals surface area contributed by atoms with Gasteiger partial charge >= 0.3 is 0 Å². The van der Waals surface area contributed by atoms with E-state index >= 15 is 0 Å². The summed E-state index contributed by atoms with van der Waals surface area (Å²) < 4.78 is 41.0. The Hall–Kier alpha value is -3.56. The van der Waals surface area contributed by atoms with Gasteiger partial charge in [0.15, 0.2) is 5.13 Å². The zero-order chi connectivity index (χ0) is 21.8. The Labute approximate surface area is 182 Å². The first-order valence-corrected chi connectivity index (χ1v) is 11.5. The van der Waals surface area contributed by atoms with Crippen LogP contribution in [0.5, 0.6) is 0 Å². The van der Waals surface area contributed by atoms with Gasteiger partial charge in [-0.1, -0.05) is 36.4 Å². The average Bonchev–Trinajstić information content (AvgIpc) is 3.27. The molecule has 0 aliphatic carbocycles. The van der Waals surface area contributed by atoms with Gasteiger partial charge in [-0.2, -0.15) is 0 Å². The van der Waals surface area contributed by atoms with Gasteiger partial charge in [0.1, 0.15) is 5.82 Å². The fraction of sp³-hybridized carbons (Fsp3) is 0. The summed E-state index contributed by atoms with van der Waals surface area (Å²) in [5, 5.41) is 4.64. The van der Waals surface area contributed by atoms with Crippen molar-refractivity contribution in [3.05, 3.63) is 95.8 Å². The number of anilines is 2. The molecule has 1 aromatic heterocycles. The molecule has 4 aromatic rings. The molecule has 0 saturated carbocycles. The van der Waals surface area contributed by atoms with Crippen LogP contribution in [0.4, 0.5) is 15.2 Å². The Morgan fingerprint density at radius 1 is 0.903 bits per heavy atom. The molecule has 3 aromatic carbocycles. The van der Waals surface area contributed by atoms with E-state index in [0.717, 1.165) is 11.1 Å². The standard InChI is InChI=1S/C22H16FN3O3S2/c23-20-4-2-1-3-19(20)21(27)25-17-9-5-15(6-10-17)16-7-11-18(12-8-16)31(28,29)26-22-24-13-14-30-22/h1-14H,(H,24,26)(H,25,27). The fourth-order valence-corrected chi connectivity index (χ4v) is 4.65. The second-order valence-corrected chi connectivity index (χ2v) is 9.06. The van der Waals surface area contributed by atoms with Crippen LogP contribution in [0.1, 0.15) is 10.4 Å². The van der Waals surface area contributed by atoms with Crippen molar-refractivity contribution in [2.45, 2.75) is 4.90 Å². The number of hydrogen-bond donors (Lipinski definition) is 2. The molecule has 2 N–H and O–H groups in total. The number of nitrogens with one attached hydrogen (secondary N) is 2. The molecule has 0 aliphatic rings. The molecule has 0 atom stereocenters. The van der Waals surface area contributed by atoms with Crippen molar-refractivity contribution in [2.24, 2.45) is 0 Å². The number of carbonyl (C=O) groups excluding carboxylic acids is 1. The van der Waals surface area contributed by atoms with Crippen LogP contribution < -0.4 is 10.0 Å². The first-order valence-electron chi connectivity index (χ1n) is 9.11. The van der Waals surface area contributed by atoms with E-state index in [1.807, 2.05) is 0 Å². The smallest absolute Gasteiger partial charge is 0.263 e. The number of benzene rings is 3. The van der Waals surface area contributed by atoms with Crippen molar-refractivity contribution in [2.75, 3.05) is 10.0 Å². The lowest BCUT2D eigenvalue weighted by molar-refractivity contribution is 0.102. The monoisotopic (exact) mass is 453 g/mol. The Morgan fingerprint density at radius 3 is 2.16 bits per heavy atom. The molecule has 1 heterocycles. The summed E-state index contributed by atoms with van der Waals surface area (Å²) in [6, 6.07) is 19.1. The fourth-order valence-electron chi connectivity index (χ4n) is 2.86. The molecule has 0 fully saturated rings. The third-order valence-electron chi connectivity index (χ3n) is 4.41. The van der Waals surface area contributed by atoms with E-state index in [-0.39, 0.29) is 10.5 Å². The molecule has 1 amide bonds. The highest BCUT2D eigenvalue weighted by Gasteiger charge is 2.15. The molecule has 4 rings (SSSR count). The van der Waals surface area contributed by atoms with E-state index in [1.54, 1.807) is 47.8 Å². The number of hydrogen-bond acceptors (Lipinski definition) is 5. The van der Waals surface area contributed by atoms with Crippen molar-refractivity contribution in [1.82, 2.24) is 4.98 Å². The first kappa shape index (κ1) is 20.7. The maximum atomic E-state index is 13.7. The normalized spacial score (nSPS) is 11.1. The quantitative estimate of drug-likeness (QED) is 0.430. The maximum Gasteiger partial charge on any atom is 0.263 e. The van der Waals surface area contributed by atoms with Crippen molar-refractivity contribution < 1.29 is 17.6 Å². The third-order valence-corrected chi connectivity index (χ3v) is 6.59. The van der Waals surface area contributed by atoms with Gasteiger partial charge < -0.3 is 5.32 Å². The highest BCUT2D eigenvalue weighted by molar-refractivity contribution is 7.93. The molecule has 156 valence electrons. The SMILES string of the molecule is O=C(Nc1ccc(-c2ccc(S(=O)(=O)Nc3nccs3)cc2)cc1)c1ccccc1F. The molecule has 0 unspecified atom stereocenters. The highest BCUT2D eigenvalue weighted by atomic mass is 32.2. The molecule has 6 nitrogen and oxygen atoms in total. The molecular weight excluding hydrogens is 437 g/mol. The molecule has 0 aliphatic heterocycles. The summed E-state index contributed by atoms with van der Waals surface area (Å²) in [7, 11) is -3.71. The third kappa shape index (κ3) is 4.79. The predicted molar refractivity (Wildman–Crippen MR) is 119 cm³/mol. The number of sulfonamides is 1. The summed E-state index contributed by atoms with van der Waals surface area (Å²) in [6.45, 7) is 0. The van der Waals surface area contributed by atoms with Gasteiger partial charge in [-0.15, -0.1) is 11.3 Å². The van der Waals surface area contributed by atoms with Gasteiger partial charge in [0.2, 0.25) is 0 Å². The Balaban J connectivity index is 1.47. The molecule has 0 bridgehead atoms. The minimum atomic E-state index is -3.71. The Morgan fingerprint density at radius 2 is 1.55 bits per heavy atom. The second-order valence-electron chi connectivity index (χ2n) is 6.48. The average molecular weight is 454 g/mol. The summed E-state index contributed by atoms with van der Waals surface area (Å²) in [5.41, 5.74) is 2.12. The zero-order valence-electron chi connectivity index (χ0n) is 15.9. The van der Waals surface area contributed by atoms with Gasteiger partial charge in [0, 0.05) is 17.3 Å². The molecule has 31 heavy (non-hydrogen) atoms. The number of carbonyl (C=O) groups is 1. The van der Waals surface area contributed by atoms with Crippen LogP contribution >= 0.6 is 11.3 Å². The minimum Gasteiger partial charge on any atom is -0.322 e. The van der Waals surface area contributed by atoms with Crippen LogP contribution in [0.3, 0.4) is 0 Å². The molecule has 9 heteroatoms. The minimum absolute atomic E-state index is 0.0327. The lowest BCUT2D eigenvalue weighted by Gasteiger charge is -2.09. The van der Waals surface area contributed by atoms with Crippen LogP contribution in [0.2, 0.25) is 0 Å². The number of amides is 1. The van der Waals surface area contributed by atoms with E-state index in [2.05, 4.69) is 15.0 Å². The van der Waals surface area contributed by atoms with E-state index in [1.165, 1.54) is 47.9 Å². The second kappa shape index (κ2) is 8.66. The van der Waals surface area contributed by atoms with Gasteiger partial charge in [-0.05, 0) is 47.5 Å². The number of thiazole rings is 1. The van der Waals surface area contributed by atoms with Crippen LogP contribution in [0.25, 0.3) is 11.1 Å². The first-order chi connectivity index (χ1) is 14.9. The van der Waals surface area contributed by atoms with E-state index in [4.69, 9.17) is 0 Å².